The van der Waals surface area contributed by atoms with Crippen LogP contribution in [0.15, 0.2) is 12.1 Å². The molecule has 4 heteroatoms. The smallest absolute Gasteiger partial charge is 0.0640 e. The molecule has 1 aromatic rings. The Morgan fingerprint density at radius 3 is 2.22 bits per heavy atom. The molecule has 0 aromatic heterocycles. The first-order valence-corrected chi connectivity index (χ1v) is 6.02. The Morgan fingerprint density at radius 1 is 1.00 bits per heavy atom. The van der Waals surface area contributed by atoms with Crippen LogP contribution >= 0.6 is 0 Å². The minimum absolute atomic E-state index is 0.491. The fourth-order valence-corrected chi connectivity index (χ4v) is 1.81. The SMILES string of the molecule is Cc1ccc(NCCC#N)c(C)c1NCCC#N. The Hall–Kier alpha value is -2.20. The zero-order chi connectivity index (χ0) is 13.4. The van der Waals surface area contributed by atoms with Gasteiger partial charge in [-0.3, -0.25) is 0 Å². The number of hydrogen-bond acceptors (Lipinski definition) is 4. The Bertz CT molecular complexity index is 480. The molecule has 0 bridgehead atoms. The molecule has 2 N–H and O–H groups in total. The van der Waals surface area contributed by atoms with E-state index in [0.717, 1.165) is 22.5 Å². The van der Waals surface area contributed by atoms with Crippen LogP contribution in [0.1, 0.15) is 24.0 Å². The lowest BCUT2D eigenvalue weighted by Crippen LogP contribution is -2.08. The summed E-state index contributed by atoms with van der Waals surface area (Å²) < 4.78 is 0. The van der Waals surface area contributed by atoms with Crippen molar-refractivity contribution in [3.05, 3.63) is 23.3 Å². The van der Waals surface area contributed by atoms with Crippen LogP contribution in [0.5, 0.6) is 0 Å². The maximum atomic E-state index is 8.55. The molecular weight excluding hydrogens is 224 g/mol. The summed E-state index contributed by atoms with van der Waals surface area (Å²) in [5, 5.41) is 23.6. The van der Waals surface area contributed by atoms with Gasteiger partial charge in [-0.2, -0.15) is 10.5 Å². The van der Waals surface area contributed by atoms with Crippen LogP contribution in [-0.4, -0.2) is 13.1 Å². The highest BCUT2D eigenvalue weighted by atomic mass is 14.9. The van der Waals surface area contributed by atoms with E-state index in [1.54, 1.807) is 0 Å². The summed E-state index contributed by atoms with van der Waals surface area (Å²) >= 11 is 0. The Kier molecular flexibility index (Phi) is 5.54. The molecule has 1 rings (SSSR count). The third-order valence-electron chi connectivity index (χ3n) is 2.76. The van der Waals surface area contributed by atoms with Crippen LogP contribution in [0.3, 0.4) is 0 Å². The van der Waals surface area contributed by atoms with E-state index < -0.39 is 0 Å². The number of anilines is 2. The average Bonchev–Trinajstić information content (AvgIpc) is 2.36. The number of nitrogens with one attached hydrogen (secondary N) is 2. The summed E-state index contributed by atoms with van der Waals surface area (Å²) in [6, 6.07) is 8.29. The molecule has 1 aromatic carbocycles. The Morgan fingerprint density at radius 2 is 1.61 bits per heavy atom. The van der Waals surface area contributed by atoms with E-state index >= 15 is 0 Å². The molecule has 18 heavy (non-hydrogen) atoms. The van der Waals surface area contributed by atoms with Crippen molar-refractivity contribution in [1.82, 2.24) is 0 Å². The maximum Gasteiger partial charge on any atom is 0.0640 e. The van der Waals surface area contributed by atoms with Crippen molar-refractivity contribution in [2.45, 2.75) is 26.7 Å². The molecule has 0 aliphatic heterocycles. The van der Waals surface area contributed by atoms with Crippen LogP contribution < -0.4 is 10.6 Å². The normalized spacial score (nSPS) is 9.33. The lowest BCUT2D eigenvalue weighted by Gasteiger charge is -2.16. The van der Waals surface area contributed by atoms with Crippen LogP contribution in [0.4, 0.5) is 11.4 Å². The van der Waals surface area contributed by atoms with Crippen molar-refractivity contribution >= 4 is 11.4 Å². The van der Waals surface area contributed by atoms with E-state index in [0.29, 0.717) is 25.9 Å². The topological polar surface area (TPSA) is 71.6 Å². The molecule has 0 aliphatic rings. The van der Waals surface area contributed by atoms with Crippen molar-refractivity contribution < 1.29 is 0 Å². The summed E-state index contributed by atoms with van der Waals surface area (Å²) in [4.78, 5) is 0. The van der Waals surface area contributed by atoms with E-state index in [9.17, 15) is 0 Å². The minimum Gasteiger partial charge on any atom is -0.384 e. The number of hydrogen-bond donors (Lipinski definition) is 2. The number of nitriles is 2. The number of aryl methyl sites for hydroxylation is 1. The molecular formula is C14H18N4. The van der Waals surface area contributed by atoms with Gasteiger partial charge < -0.3 is 10.6 Å². The highest BCUT2D eigenvalue weighted by Crippen LogP contribution is 2.27. The van der Waals surface area contributed by atoms with E-state index in [1.807, 2.05) is 26.0 Å². The van der Waals surface area contributed by atoms with Crippen LogP contribution in [0, 0.1) is 36.5 Å². The zero-order valence-corrected chi connectivity index (χ0v) is 10.9. The zero-order valence-electron chi connectivity index (χ0n) is 10.9. The molecule has 0 aliphatic carbocycles. The molecule has 4 nitrogen and oxygen atoms in total. The van der Waals surface area contributed by atoms with Crippen LogP contribution in [0.25, 0.3) is 0 Å². The van der Waals surface area contributed by atoms with E-state index in [4.69, 9.17) is 10.5 Å². The predicted molar refractivity (Wildman–Crippen MR) is 73.4 cm³/mol. The largest absolute Gasteiger partial charge is 0.384 e. The second kappa shape index (κ2) is 7.19. The molecule has 0 saturated carbocycles. The summed E-state index contributed by atoms with van der Waals surface area (Å²) in [6.07, 6.45) is 0.982. The van der Waals surface area contributed by atoms with Crippen molar-refractivity contribution in [2.24, 2.45) is 0 Å². The van der Waals surface area contributed by atoms with Gasteiger partial charge in [0.05, 0.1) is 25.0 Å². The van der Waals surface area contributed by atoms with Gasteiger partial charge in [0.15, 0.2) is 0 Å². The second-order valence-corrected chi connectivity index (χ2v) is 4.10. The van der Waals surface area contributed by atoms with Gasteiger partial charge in [0.1, 0.15) is 0 Å². The number of benzene rings is 1. The minimum atomic E-state index is 0.491. The van der Waals surface area contributed by atoms with E-state index in [2.05, 4.69) is 22.8 Å². The molecule has 0 fully saturated rings. The standard InChI is InChI=1S/C14H18N4/c1-11-5-6-13(17-9-3-7-15)12(2)14(11)18-10-4-8-16/h5-6,17-18H,3-4,9-10H2,1-2H3. The Labute approximate surface area is 108 Å². The summed E-state index contributed by atoms with van der Waals surface area (Å²) in [6.45, 7) is 5.38. The van der Waals surface area contributed by atoms with Gasteiger partial charge in [0.25, 0.3) is 0 Å². The summed E-state index contributed by atoms with van der Waals surface area (Å²) in [7, 11) is 0. The molecule has 0 spiro atoms. The summed E-state index contributed by atoms with van der Waals surface area (Å²) in [5.41, 5.74) is 4.41. The average molecular weight is 242 g/mol. The van der Waals surface area contributed by atoms with Gasteiger partial charge in [0, 0.05) is 24.5 Å². The first-order valence-electron chi connectivity index (χ1n) is 6.02. The molecule has 94 valence electrons. The molecule has 0 unspecified atom stereocenters. The van der Waals surface area contributed by atoms with Crippen molar-refractivity contribution in [3.8, 4) is 12.1 Å². The highest BCUT2D eigenvalue weighted by molar-refractivity contribution is 5.68. The highest BCUT2D eigenvalue weighted by Gasteiger charge is 2.06. The maximum absolute atomic E-state index is 8.55. The van der Waals surface area contributed by atoms with Gasteiger partial charge in [0.2, 0.25) is 0 Å². The van der Waals surface area contributed by atoms with Crippen molar-refractivity contribution in [2.75, 3.05) is 23.7 Å². The van der Waals surface area contributed by atoms with Gasteiger partial charge in [-0.1, -0.05) is 6.07 Å². The lowest BCUT2D eigenvalue weighted by molar-refractivity contribution is 1.05. The first kappa shape index (κ1) is 13.9. The number of rotatable bonds is 6. The second-order valence-electron chi connectivity index (χ2n) is 4.10. The monoisotopic (exact) mass is 242 g/mol. The van der Waals surface area contributed by atoms with Crippen molar-refractivity contribution in [1.29, 1.82) is 10.5 Å². The van der Waals surface area contributed by atoms with Crippen LogP contribution in [-0.2, 0) is 0 Å². The molecule has 0 amide bonds. The lowest BCUT2D eigenvalue weighted by atomic mass is 10.1. The molecule has 0 saturated heterocycles. The predicted octanol–water partition coefficient (Wildman–Crippen LogP) is 2.95. The van der Waals surface area contributed by atoms with Gasteiger partial charge in [-0.25, -0.2) is 0 Å². The fraction of sp³-hybridized carbons (Fsp3) is 0.429. The van der Waals surface area contributed by atoms with E-state index in [1.165, 1.54) is 0 Å². The molecule has 0 atom stereocenters. The Balaban J connectivity index is 2.79. The number of nitrogens with zero attached hydrogens (tertiary/aromatic N) is 2. The molecule has 0 heterocycles. The van der Waals surface area contributed by atoms with E-state index in [-0.39, 0.29) is 0 Å². The van der Waals surface area contributed by atoms with Gasteiger partial charge >= 0.3 is 0 Å². The van der Waals surface area contributed by atoms with Crippen LogP contribution in [0.2, 0.25) is 0 Å². The quantitative estimate of drug-likeness (QED) is 0.752. The first-order chi connectivity index (χ1) is 8.70. The third kappa shape index (κ3) is 3.68. The molecule has 0 radical (unpaired) electrons. The summed E-state index contributed by atoms with van der Waals surface area (Å²) in [5.74, 6) is 0. The van der Waals surface area contributed by atoms with Gasteiger partial charge in [-0.15, -0.1) is 0 Å². The van der Waals surface area contributed by atoms with Crippen molar-refractivity contribution in [3.63, 3.8) is 0 Å². The van der Waals surface area contributed by atoms with Gasteiger partial charge in [-0.05, 0) is 31.0 Å². The fourth-order valence-electron chi connectivity index (χ4n) is 1.81. The third-order valence-corrected chi connectivity index (χ3v) is 2.76.